The number of fused-ring (bicyclic) bond motifs is 1. The molecule has 0 aliphatic heterocycles. The van der Waals surface area contributed by atoms with Gasteiger partial charge in [-0.25, -0.2) is 0 Å². The van der Waals surface area contributed by atoms with Gasteiger partial charge in [0.2, 0.25) is 0 Å². The summed E-state index contributed by atoms with van der Waals surface area (Å²) in [6.07, 6.45) is 1.13. The summed E-state index contributed by atoms with van der Waals surface area (Å²) in [5.74, 6) is 0. The van der Waals surface area contributed by atoms with Gasteiger partial charge in [-0.1, -0.05) is 32.0 Å². The molecule has 2 heteroatoms. The van der Waals surface area contributed by atoms with Crippen molar-refractivity contribution in [3.63, 3.8) is 0 Å². The van der Waals surface area contributed by atoms with Crippen LogP contribution in [0.15, 0.2) is 23.6 Å². The molecule has 0 bridgehead atoms. The van der Waals surface area contributed by atoms with Crippen molar-refractivity contribution >= 4 is 21.4 Å². The average Bonchev–Trinajstić information content (AvgIpc) is 2.63. The van der Waals surface area contributed by atoms with Gasteiger partial charge in [0.1, 0.15) is 0 Å². The van der Waals surface area contributed by atoms with Gasteiger partial charge in [-0.3, -0.25) is 0 Å². The lowest BCUT2D eigenvalue weighted by Gasteiger charge is -2.07. The Balaban J connectivity index is 2.16. The molecule has 1 N–H and O–H groups in total. The van der Waals surface area contributed by atoms with Crippen LogP contribution in [0.25, 0.3) is 10.1 Å². The second kappa shape index (κ2) is 4.98. The molecule has 0 saturated carbocycles. The van der Waals surface area contributed by atoms with Crippen LogP contribution in [0.5, 0.6) is 0 Å². The Morgan fingerprint density at radius 3 is 2.88 bits per heavy atom. The van der Waals surface area contributed by atoms with Crippen LogP contribution in [0.4, 0.5) is 0 Å². The summed E-state index contributed by atoms with van der Waals surface area (Å²) in [5.41, 5.74) is 2.88. The van der Waals surface area contributed by atoms with Gasteiger partial charge in [-0.2, -0.15) is 0 Å². The number of hydrogen-bond donors (Lipinski definition) is 1. The van der Waals surface area contributed by atoms with E-state index in [2.05, 4.69) is 49.7 Å². The standard InChI is InChI=1S/C14H19NS/c1-10(2)15-8-7-12-9-16-14-11(3)5-4-6-13(12)14/h4-6,9-10,15H,7-8H2,1-3H3. The van der Waals surface area contributed by atoms with E-state index in [1.54, 1.807) is 0 Å². The fraction of sp³-hybridized carbons (Fsp3) is 0.429. The smallest absolute Gasteiger partial charge is 0.0374 e. The van der Waals surface area contributed by atoms with Crippen molar-refractivity contribution in [3.05, 3.63) is 34.7 Å². The summed E-state index contributed by atoms with van der Waals surface area (Å²) in [6.45, 7) is 7.64. The lowest BCUT2D eigenvalue weighted by Crippen LogP contribution is -2.24. The zero-order valence-corrected chi connectivity index (χ0v) is 11.0. The predicted molar refractivity (Wildman–Crippen MR) is 73.4 cm³/mol. The molecule has 86 valence electrons. The molecular formula is C14H19NS. The quantitative estimate of drug-likeness (QED) is 0.848. The Morgan fingerprint density at radius 2 is 2.12 bits per heavy atom. The maximum absolute atomic E-state index is 3.47. The molecule has 0 spiro atoms. The highest BCUT2D eigenvalue weighted by Gasteiger charge is 2.05. The van der Waals surface area contributed by atoms with Gasteiger partial charge in [-0.15, -0.1) is 11.3 Å². The molecule has 16 heavy (non-hydrogen) atoms. The first kappa shape index (κ1) is 11.6. The van der Waals surface area contributed by atoms with Crippen LogP contribution in [0.2, 0.25) is 0 Å². The molecule has 1 aromatic carbocycles. The predicted octanol–water partition coefficient (Wildman–Crippen LogP) is 3.75. The Hall–Kier alpha value is -0.860. The molecule has 1 aromatic heterocycles. The molecule has 0 unspecified atom stereocenters. The van der Waals surface area contributed by atoms with Gasteiger partial charge in [-0.05, 0) is 41.8 Å². The van der Waals surface area contributed by atoms with Gasteiger partial charge >= 0.3 is 0 Å². The van der Waals surface area contributed by atoms with Gasteiger partial charge in [0, 0.05) is 10.7 Å². The maximum Gasteiger partial charge on any atom is 0.0374 e. The summed E-state index contributed by atoms with van der Waals surface area (Å²) in [5, 5.41) is 7.21. The van der Waals surface area contributed by atoms with Gasteiger partial charge in [0.25, 0.3) is 0 Å². The molecule has 1 nitrogen and oxygen atoms in total. The van der Waals surface area contributed by atoms with Crippen LogP contribution < -0.4 is 5.32 Å². The third-order valence-electron chi connectivity index (χ3n) is 2.82. The number of rotatable bonds is 4. The van der Waals surface area contributed by atoms with E-state index in [9.17, 15) is 0 Å². The molecule has 2 aromatic rings. The average molecular weight is 233 g/mol. The van der Waals surface area contributed by atoms with E-state index in [0.29, 0.717) is 6.04 Å². The van der Waals surface area contributed by atoms with Crippen molar-refractivity contribution in [2.45, 2.75) is 33.2 Å². The number of thiophene rings is 1. The monoisotopic (exact) mass is 233 g/mol. The Kier molecular flexibility index (Phi) is 3.62. The highest BCUT2D eigenvalue weighted by Crippen LogP contribution is 2.28. The third kappa shape index (κ3) is 2.45. The summed E-state index contributed by atoms with van der Waals surface area (Å²) in [4.78, 5) is 0. The largest absolute Gasteiger partial charge is 0.314 e. The molecule has 2 rings (SSSR count). The normalized spacial score (nSPS) is 11.5. The third-order valence-corrected chi connectivity index (χ3v) is 4.00. The van der Waals surface area contributed by atoms with Gasteiger partial charge in [0.15, 0.2) is 0 Å². The minimum Gasteiger partial charge on any atom is -0.314 e. The highest BCUT2D eigenvalue weighted by atomic mass is 32.1. The van der Waals surface area contributed by atoms with Crippen molar-refractivity contribution in [1.82, 2.24) is 5.32 Å². The number of hydrogen-bond acceptors (Lipinski definition) is 2. The molecule has 0 aliphatic rings. The van der Waals surface area contributed by atoms with Crippen LogP contribution in [0.1, 0.15) is 25.0 Å². The molecule has 1 heterocycles. The van der Waals surface area contributed by atoms with E-state index in [1.807, 2.05) is 11.3 Å². The maximum atomic E-state index is 3.47. The minimum absolute atomic E-state index is 0.576. The summed E-state index contributed by atoms with van der Waals surface area (Å²) in [6, 6.07) is 7.16. The van der Waals surface area contributed by atoms with Crippen molar-refractivity contribution in [3.8, 4) is 0 Å². The number of aryl methyl sites for hydroxylation is 1. The van der Waals surface area contributed by atoms with E-state index < -0.39 is 0 Å². The Morgan fingerprint density at radius 1 is 1.31 bits per heavy atom. The molecule has 0 aliphatic carbocycles. The van der Waals surface area contributed by atoms with E-state index in [0.717, 1.165) is 13.0 Å². The van der Waals surface area contributed by atoms with E-state index >= 15 is 0 Å². The molecule has 0 amide bonds. The van der Waals surface area contributed by atoms with Crippen LogP contribution >= 0.6 is 11.3 Å². The van der Waals surface area contributed by atoms with E-state index in [4.69, 9.17) is 0 Å². The summed E-state index contributed by atoms with van der Waals surface area (Å²) >= 11 is 1.87. The molecule has 0 saturated heterocycles. The summed E-state index contributed by atoms with van der Waals surface area (Å²) in [7, 11) is 0. The highest BCUT2D eigenvalue weighted by molar-refractivity contribution is 7.17. The van der Waals surface area contributed by atoms with Crippen LogP contribution in [-0.4, -0.2) is 12.6 Å². The van der Waals surface area contributed by atoms with Crippen molar-refractivity contribution < 1.29 is 0 Å². The van der Waals surface area contributed by atoms with Crippen LogP contribution in [0.3, 0.4) is 0 Å². The fourth-order valence-electron chi connectivity index (χ4n) is 1.94. The van der Waals surface area contributed by atoms with Gasteiger partial charge in [0.05, 0.1) is 0 Å². The molecule has 0 fully saturated rings. The minimum atomic E-state index is 0.576. The first-order chi connectivity index (χ1) is 7.68. The lowest BCUT2D eigenvalue weighted by atomic mass is 10.1. The molecular weight excluding hydrogens is 214 g/mol. The van der Waals surface area contributed by atoms with Crippen LogP contribution in [-0.2, 0) is 6.42 Å². The zero-order chi connectivity index (χ0) is 11.5. The van der Waals surface area contributed by atoms with Crippen molar-refractivity contribution in [2.24, 2.45) is 0 Å². The second-order valence-corrected chi connectivity index (χ2v) is 5.45. The molecule has 0 radical (unpaired) electrons. The van der Waals surface area contributed by atoms with E-state index in [1.165, 1.54) is 21.2 Å². The number of nitrogens with one attached hydrogen (secondary N) is 1. The lowest BCUT2D eigenvalue weighted by molar-refractivity contribution is 0.591. The summed E-state index contributed by atoms with van der Waals surface area (Å²) < 4.78 is 1.45. The second-order valence-electron chi connectivity index (χ2n) is 4.57. The first-order valence-corrected chi connectivity index (χ1v) is 6.75. The van der Waals surface area contributed by atoms with Crippen molar-refractivity contribution in [2.75, 3.05) is 6.54 Å². The number of benzene rings is 1. The van der Waals surface area contributed by atoms with E-state index in [-0.39, 0.29) is 0 Å². The Bertz CT molecular complexity index is 471. The molecule has 0 atom stereocenters. The first-order valence-electron chi connectivity index (χ1n) is 5.87. The zero-order valence-electron chi connectivity index (χ0n) is 10.2. The SMILES string of the molecule is Cc1cccc2c(CCNC(C)C)csc12. The van der Waals surface area contributed by atoms with Gasteiger partial charge < -0.3 is 5.32 Å². The Labute approximate surface area is 101 Å². The van der Waals surface area contributed by atoms with Crippen LogP contribution in [0, 0.1) is 6.92 Å². The topological polar surface area (TPSA) is 12.0 Å². The van der Waals surface area contributed by atoms with Crippen molar-refractivity contribution in [1.29, 1.82) is 0 Å². The fourth-order valence-corrected chi connectivity index (χ4v) is 3.03.